The maximum absolute atomic E-state index is 6.45. The van der Waals surface area contributed by atoms with Crippen LogP contribution < -0.4 is 0 Å². The summed E-state index contributed by atoms with van der Waals surface area (Å²) in [5, 5.41) is 0. The molecule has 1 saturated heterocycles. The topological polar surface area (TPSA) is 9.23 Å². The third-order valence-electron chi connectivity index (χ3n) is 6.80. The van der Waals surface area contributed by atoms with E-state index in [4.69, 9.17) is 4.74 Å². The standard InChI is InChI=1S/C21H42O/c1-6-9-10-11-12-13-14-15-17-21(8-3)20(5,7-2)19(4)16-18-22-21/h19H,6-18H2,1-5H3. The molecule has 1 aliphatic rings. The monoisotopic (exact) mass is 310 g/mol. The Bertz CT molecular complexity index is 288. The zero-order valence-corrected chi connectivity index (χ0v) is 16.2. The Kier molecular flexibility index (Phi) is 9.05. The van der Waals surface area contributed by atoms with Crippen molar-refractivity contribution in [1.29, 1.82) is 0 Å². The van der Waals surface area contributed by atoms with Gasteiger partial charge in [-0.2, -0.15) is 0 Å². The van der Waals surface area contributed by atoms with E-state index in [-0.39, 0.29) is 5.60 Å². The Hall–Kier alpha value is -0.0400. The van der Waals surface area contributed by atoms with Crippen LogP contribution in [0.15, 0.2) is 0 Å². The van der Waals surface area contributed by atoms with Crippen LogP contribution in [0.25, 0.3) is 0 Å². The third-order valence-corrected chi connectivity index (χ3v) is 6.80. The summed E-state index contributed by atoms with van der Waals surface area (Å²) in [6.07, 6.45) is 16.2. The van der Waals surface area contributed by atoms with Gasteiger partial charge in [-0.15, -0.1) is 0 Å². The smallest absolute Gasteiger partial charge is 0.0735 e. The molecule has 1 nitrogen and oxygen atoms in total. The van der Waals surface area contributed by atoms with E-state index in [9.17, 15) is 0 Å². The molecule has 1 aliphatic heterocycles. The normalized spacial score (nSPS) is 32.3. The first-order valence-corrected chi connectivity index (χ1v) is 10.2. The highest BCUT2D eigenvalue weighted by molar-refractivity contribution is 5.01. The molecule has 0 N–H and O–H groups in total. The zero-order valence-electron chi connectivity index (χ0n) is 16.2. The molecule has 1 fully saturated rings. The summed E-state index contributed by atoms with van der Waals surface area (Å²) in [5.41, 5.74) is 0.503. The van der Waals surface area contributed by atoms with Crippen molar-refractivity contribution in [2.45, 2.75) is 117 Å². The summed E-state index contributed by atoms with van der Waals surface area (Å²) in [6, 6.07) is 0. The zero-order chi connectivity index (χ0) is 16.5. The minimum atomic E-state index is 0.141. The highest BCUT2D eigenvalue weighted by Gasteiger charge is 2.51. The lowest BCUT2D eigenvalue weighted by Gasteiger charge is -2.55. The van der Waals surface area contributed by atoms with Crippen LogP contribution in [0, 0.1) is 11.3 Å². The molecule has 1 heterocycles. The van der Waals surface area contributed by atoms with Gasteiger partial charge in [-0.1, -0.05) is 86.0 Å². The van der Waals surface area contributed by atoms with Gasteiger partial charge in [0.15, 0.2) is 0 Å². The lowest BCUT2D eigenvalue weighted by Crippen LogP contribution is -2.55. The first kappa shape index (κ1) is 20.0. The summed E-state index contributed by atoms with van der Waals surface area (Å²) in [7, 11) is 0. The molecule has 22 heavy (non-hydrogen) atoms. The molecule has 0 aromatic heterocycles. The van der Waals surface area contributed by atoms with Crippen molar-refractivity contribution in [2.75, 3.05) is 6.61 Å². The average Bonchev–Trinajstić information content (AvgIpc) is 2.53. The van der Waals surface area contributed by atoms with Gasteiger partial charge >= 0.3 is 0 Å². The summed E-state index contributed by atoms with van der Waals surface area (Å²) in [6.45, 7) is 12.9. The molecule has 3 unspecified atom stereocenters. The van der Waals surface area contributed by atoms with Crippen LogP contribution in [0.2, 0.25) is 0 Å². The average molecular weight is 311 g/mol. The van der Waals surface area contributed by atoms with Gasteiger partial charge < -0.3 is 4.74 Å². The fourth-order valence-corrected chi connectivity index (χ4v) is 4.62. The van der Waals surface area contributed by atoms with Crippen molar-refractivity contribution in [1.82, 2.24) is 0 Å². The van der Waals surface area contributed by atoms with Crippen LogP contribution >= 0.6 is 0 Å². The Morgan fingerprint density at radius 1 is 0.864 bits per heavy atom. The Morgan fingerprint density at radius 2 is 1.45 bits per heavy atom. The Morgan fingerprint density at radius 3 is 2.00 bits per heavy atom. The van der Waals surface area contributed by atoms with Gasteiger partial charge in [0.2, 0.25) is 0 Å². The molecule has 1 rings (SSSR count). The molecule has 0 aromatic rings. The van der Waals surface area contributed by atoms with Crippen molar-refractivity contribution >= 4 is 0 Å². The highest BCUT2D eigenvalue weighted by Crippen LogP contribution is 2.52. The first-order valence-electron chi connectivity index (χ1n) is 10.2. The van der Waals surface area contributed by atoms with E-state index in [1.165, 1.54) is 77.0 Å². The molecule has 0 aromatic carbocycles. The van der Waals surface area contributed by atoms with Gasteiger partial charge in [0.05, 0.1) is 5.60 Å². The fourth-order valence-electron chi connectivity index (χ4n) is 4.62. The van der Waals surface area contributed by atoms with Gasteiger partial charge in [-0.3, -0.25) is 0 Å². The van der Waals surface area contributed by atoms with E-state index in [1.807, 2.05) is 0 Å². The summed E-state index contributed by atoms with van der Waals surface area (Å²) >= 11 is 0. The minimum Gasteiger partial charge on any atom is -0.374 e. The number of ether oxygens (including phenoxy) is 1. The van der Waals surface area contributed by atoms with Gasteiger partial charge in [-0.05, 0) is 37.0 Å². The van der Waals surface area contributed by atoms with Crippen LogP contribution in [0.3, 0.4) is 0 Å². The maximum atomic E-state index is 6.45. The van der Waals surface area contributed by atoms with Crippen LogP contribution in [-0.2, 0) is 4.74 Å². The predicted octanol–water partition coefficient (Wildman–Crippen LogP) is 7.14. The minimum absolute atomic E-state index is 0.141. The molecule has 0 radical (unpaired) electrons. The van der Waals surface area contributed by atoms with E-state index in [1.54, 1.807) is 0 Å². The molecule has 0 bridgehead atoms. The molecule has 0 aliphatic carbocycles. The molecule has 3 atom stereocenters. The summed E-state index contributed by atoms with van der Waals surface area (Å²) < 4.78 is 6.45. The van der Waals surface area contributed by atoms with Crippen LogP contribution in [-0.4, -0.2) is 12.2 Å². The van der Waals surface area contributed by atoms with E-state index in [2.05, 4.69) is 34.6 Å². The highest BCUT2D eigenvalue weighted by atomic mass is 16.5. The van der Waals surface area contributed by atoms with Crippen molar-refractivity contribution in [3.05, 3.63) is 0 Å². The summed E-state index contributed by atoms with van der Waals surface area (Å²) in [5.74, 6) is 0.792. The quantitative estimate of drug-likeness (QED) is 0.368. The van der Waals surface area contributed by atoms with Crippen LogP contribution in [0.1, 0.15) is 112 Å². The number of hydrogen-bond acceptors (Lipinski definition) is 1. The number of unbranched alkanes of at least 4 members (excludes halogenated alkanes) is 7. The molecule has 132 valence electrons. The second-order valence-electron chi connectivity index (χ2n) is 7.88. The van der Waals surface area contributed by atoms with E-state index in [0.717, 1.165) is 12.5 Å². The number of hydrogen-bond donors (Lipinski definition) is 0. The first-order chi connectivity index (χ1) is 10.6. The molecule has 0 amide bonds. The van der Waals surface area contributed by atoms with Crippen LogP contribution in [0.5, 0.6) is 0 Å². The third kappa shape index (κ3) is 4.73. The molecular weight excluding hydrogens is 268 g/mol. The SMILES string of the molecule is CCCCCCCCCCC1(CC)OCCC(C)C1(C)CC. The molecular formula is C21H42O. The lowest BCUT2D eigenvalue weighted by molar-refractivity contribution is -0.196. The second-order valence-corrected chi connectivity index (χ2v) is 7.88. The second kappa shape index (κ2) is 9.96. The lowest BCUT2D eigenvalue weighted by atomic mass is 9.59. The van der Waals surface area contributed by atoms with E-state index in [0.29, 0.717) is 5.41 Å². The van der Waals surface area contributed by atoms with E-state index >= 15 is 0 Å². The maximum Gasteiger partial charge on any atom is 0.0735 e. The van der Waals surface area contributed by atoms with Crippen LogP contribution in [0.4, 0.5) is 0 Å². The summed E-state index contributed by atoms with van der Waals surface area (Å²) in [4.78, 5) is 0. The molecule has 0 spiro atoms. The Labute approximate surface area is 140 Å². The van der Waals surface area contributed by atoms with Crippen molar-refractivity contribution < 1.29 is 4.74 Å². The largest absolute Gasteiger partial charge is 0.374 e. The van der Waals surface area contributed by atoms with Gasteiger partial charge in [0, 0.05) is 6.61 Å². The van der Waals surface area contributed by atoms with Gasteiger partial charge in [-0.25, -0.2) is 0 Å². The van der Waals surface area contributed by atoms with Gasteiger partial charge in [0.25, 0.3) is 0 Å². The van der Waals surface area contributed by atoms with Crippen molar-refractivity contribution in [3.63, 3.8) is 0 Å². The molecule has 1 heteroatoms. The fraction of sp³-hybridized carbons (Fsp3) is 1.00. The van der Waals surface area contributed by atoms with Crippen molar-refractivity contribution in [3.8, 4) is 0 Å². The van der Waals surface area contributed by atoms with E-state index < -0.39 is 0 Å². The molecule has 0 saturated carbocycles. The predicted molar refractivity (Wildman–Crippen MR) is 98.4 cm³/mol. The Balaban J connectivity index is 2.39. The van der Waals surface area contributed by atoms with Gasteiger partial charge in [0.1, 0.15) is 0 Å². The number of rotatable bonds is 11. The van der Waals surface area contributed by atoms with Crippen molar-refractivity contribution in [2.24, 2.45) is 11.3 Å².